The summed E-state index contributed by atoms with van der Waals surface area (Å²) in [6, 6.07) is 4.31. The summed E-state index contributed by atoms with van der Waals surface area (Å²) in [5.74, 6) is 0.666. The summed E-state index contributed by atoms with van der Waals surface area (Å²) in [7, 11) is 0. The van der Waals surface area contributed by atoms with Gasteiger partial charge in [-0.3, -0.25) is 4.98 Å². The minimum atomic E-state index is -4.29. The van der Waals surface area contributed by atoms with Crippen LogP contribution in [0.2, 0.25) is 0 Å². The van der Waals surface area contributed by atoms with Crippen LogP contribution in [-0.2, 0) is 11.2 Å². The number of benzene rings is 1. The maximum Gasteiger partial charge on any atom is 0.392 e. The third-order valence-electron chi connectivity index (χ3n) is 7.63. The molecule has 6 rings (SSSR count). The van der Waals surface area contributed by atoms with Gasteiger partial charge in [0.15, 0.2) is 6.23 Å². The van der Waals surface area contributed by atoms with Gasteiger partial charge in [0, 0.05) is 23.6 Å². The summed E-state index contributed by atoms with van der Waals surface area (Å²) in [5.41, 5.74) is 4.21. The highest BCUT2D eigenvalue weighted by molar-refractivity contribution is 5.92. The van der Waals surface area contributed by atoms with Crippen LogP contribution in [-0.4, -0.2) is 38.6 Å². The van der Waals surface area contributed by atoms with Crippen molar-refractivity contribution in [2.75, 3.05) is 11.9 Å². The van der Waals surface area contributed by atoms with Crippen molar-refractivity contribution in [3.05, 3.63) is 53.1 Å². The van der Waals surface area contributed by atoms with Crippen molar-refractivity contribution in [3.8, 4) is 0 Å². The van der Waals surface area contributed by atoms with Gasteiger partial charge >= 0.3 is 6.18 Å². The quantitative estimate of drug-likeness (QED) is 0.431. The van der Waals surface area contributed by atoms with Crippen LogP contribution < -0.4 is 5.32 Å². The zero-order valence-corrected chi connectivity index (χ0v) is 20.2. The Morgan fingerprint density at radius 3 is 2.56 bits per heavy atom. The van der Waals surface area contributed by atoms with Crippen molar-refractivity contribution in [1.29, 1.82) is 0 Å². The third-order valence-corrected chi connectivity index (χ3v) is 7.63. The Bertz CT molecular complexity index is 1270. The highest BCUT2D eigenvalue weighted by atomic mass is 19.4. The number of aryl methyl sites for hydroxylation is 1. The van der Waals surface area contributed by atoms with Gasteiger partial charge in [0.1, 0.15) is 5.82 Å². The molecule has 1 N–H and O–H groups in total. The summed E-state index contributed by atoms with van der Waals surface area (Å²) in [6.07, 6.45) is 7.92. The van der Waals surface area contributed by atoms with Gasteiger partial charge in [-0.05, 0) is 75.0 Å². The molecule has 3 aliphatic rings. The largest absolute Gasteiger partial charge is 0.392 e. The number of hydrogen-bond acceptors (Lipinski definition) is 5. The van der Waals surface area contributed by atoms with Crippen molar-refractivity contribution in [3.63, 3.8) is 0 Å². The summed E-state index contributed by atoms with van der Waals surface area (Å²) in [5, 5.41) is 8.98. The van der Waals surface area contributed by atoms with Crippen molar-refractivity contribution < 1.29 is 17.9 Å². The first-order valence-electron chi connectivity index (χ1n) is 12.9. The predicted octanol–water partition coefficient (Wildman–Crippen LogP) is 6.58. The Labute approximate surface area is 208 Å². The molecule has 2 fully saturated rings. The number of rotatable bonds is 5. The molecule has 1 atom stereocenters. The molecule has 1 aliphatic heterocycles. The van der Waals surface area contributed by atoms with Crippen LogP contribution in [0, 0.1) is 0 Å². The monoisotopic (exact) mass is 497 g/mol. The van der Waals surface area contributed by atoms with Crippen LogP contribution >= 0.6 is 0 Å². The molecule has 1 unspecified atom stereocenters. The molecule has 190 valence electrons. The second kappa shape index (κ2) is 9.50. The standard InChI is InChI=1S/C27H30F3N5O/c28-27(29,30)13-17-5-3-8-19-20(26(17)22-15-32-24(16-31-22)34-18-6-4-7-18)10-11-23-21(19)14-33-35(23)25-9-1-2-12-36-25/h10-11,14-16,18,25H,1-9,12-13H2,(H,32,34). The number of anilines is 1. The summed E-state index contributed by atoms with van der Waals surface area (Å²) >= 11 is 0. The normalized spacial score (nSPS) is 21.2. The number of halogens is 3. The SMILES string of the molecule is FC(F)(F)CC1=C(c2cnc(NC3CCC3)cn2)c2ccc3c(cnn3C3CCCCO3)c2CCC1. The van der Waals surface area contributed by atoms with Gasteiger partial charge in [-0.2, -0.15) is 18.3 Å². The molecule has 0 bridgehead atoms. The van der Waals surface area contributed by atoms with Crippen LogP contribution in [0.25, 0.3) is 16.5 Å². The number of hydrogen-bond donors (Lipinski definition) is 1. The minimum Gasteiger partial charge on any atom is -0.366 e. The van der Waals surface area contributed by atoms with Crippen molar-refractivity contribution in [2.24, 2.45) is 0 Å². The maximum absolute atomic E-state index is 13.6. The van der Waals surface area contributed by atoms with E-state index in [0.717, 1.165) is 60.7 Å². The Morgan fingerprint density at radius 2 is 1.86 bits per heavy atom. The van der Waals surface area contributed by atoms with Gasteiger partial charge in [-0.15, -0.1) is 0 Å². The van der Waals surface area contributed by atoms with Gasteiger partial charge in [0.25, 0.3) is 0 Å². The zero-order chi connectivity index (χ0) is 24.7. The Morgan fingerprint density at radius 1 is 0.972 bits per heavy atom. The minimum absolute atomic E-state index is 0.0996. The van der Waals surface area contributed by atoms with Crippen LogP contribution in [0.4, 0.5) is 19.0 Å². The van der Waals surface area contributed by atoms with E-state index in [4.69, 9.17) is 4.74 Å². The first-order valence-corrected chi connectivity index (χ1v) is 12.9. The number of nitrogens with zero attached hydrogens (tertiary/aromatic N) is 4. The van der Waals surface area contributed by atoms with Gasteiger partial charge in [0.2, 0.25) is 0 Å². The topological polar surface area (TPSA) is 64.9 Å². The Kier molecular flexibility index (Phi) is 6.19. The molecular weight excluding hydrogens is 467 g/mol. The average Bonchev–Trinajstić information content (AvgIpc) is 3.19. The number of aromatic nitrogens is 4. The first-order chi connectivity index (χ1) is 17.5. The molecule has 1 saturated carbocycles. The maximum atomic E-state index is 13.6. The average molecular weight is 498 g/mol. The molecule has 3 aromatic rings. The molecule has 3 heterocycles. The molecule has 2 aliphatic carbocycles. The Balaban J connectivity index is 1.43. The van der Waals surface area contributed by atoms with Gasteiger partial charge in [0.05, 0.1) is 36.2 Å². The highest BCUT2D eigenvalue weighted by Crippen LogP contribution is 2.42. The van der Waals surface area contributed by atoms with Crippen molar-refractivity contribution in [1.82, 2.24) is 19.7 Å². The van der Waals surface area contributed by atoms with E-state index >= 15 is 0 Å². The fraction of sp³-hybridized carbons (Fsp3) is 0.519. The summed E-state index contributed by atoms with van der Waals surface area (Å²) in [6.45, 7) is 0.717. The van der Waals surface area contributed by atoms with E-state index in [-0.39, 0.29) is 6.23 Å². The number of fused-ring (bicyclic) bond motifs is 3. The molecule has 0 spiro atoms. The molecule has 0 amide bonds. The highest BCUT2D eigenvalue weighted by Gasteiger charge is 2.33. The molecule has 6 nitrogen and oxygen atoms in total. The van der Waals surface area contributed by atoms with E-state index in [9.17, 15) is 13.2 Å². The van der Waals surface area contributed by atoms with Crippen LogP contribution in [0.3, 0.4) is 0 Å². The third kappa shape index (κ3) is 4.61. The van der Waals surface area contributed by atoms with Gasteiger partial charge in [-0.25, -0.2) is 9.67 Å². The lowest BCUT2D eigenvalue weighted by atomic mass is 9.91. The fourth-order valence-corrected chi connectivity index (χ4v) is 5.65. The van der Waals surface area contributed by atoms with Gasteiger partial charge in [-0.1, -0.05) is 11.6 Å². The molecule has 1 aromatic carbocycles. The summed E-state index contributed by atoms with van der Waals surface area (Å²) in [4.78, 5) is 9.12. The number of alkyl halides is 3. The number of ether oxygens (including phenoxy) is 1. The number of allylic oxidation sites excluding steroid dienone is 1. The van der Waals surface area contributed by atoms with Crippen LogP contribution in [0.5, 0.6) is 0 Å². The molecule has 2 aromatic heterocycles. The summed E-state index contributed by atoms with van der Waals surface area (Å²) < 4.78 is 48.8. The van der Waals surface area contributed by atoms with E-state index in [1.54, 1.807) is 12.4 Å². The van der Waals surface area contributed by atoms with E-state index in [1.165, 1.54) is 6.42 Å². The molecule has 1 saturated heterocycles. The van der Waals surface area contributed by atoms with E-state index in [1.807, 2.05) is 23.0 Å². The van der Waals surface area contributed by atoms with E-state index < -0.39 is 12.6 Å². The second-order valence-corrected chi connectivity index (χ2v) is 10.1. The molecule has 36 heavy (non-hydrogen) atoms. The van der Waals surface area contributed by atoms with E-state index in [0.29, 0.717) is 48.0 Å². The molecular formula is C27H30F3N5O. The van der Waals surface area contributed by atoms with E-state index in [2.05, 4.69) is 20.4 Å². The lowest BCUT2D eigenvalue weighted by Crippen LogP contribution is -2.27. The zero-order valence-electron chi connectivity index (χ0n) is 20.2. The van der Waals surface area contributed by atoms with Gasteiger partial charge < -0.3 is 10.1 Å². The lowest BCUT2D eigenvalue weighted by molar-refractivity contribution is -0.127. The smallest absolute Gasteiger partial charge is 0.366 e. The molecule has 9 heteroatoms. The fourth-order valence-electron chi connectivity index (χ4n) is 5.65. The second-order valence-electron chi connectivity index (χ2n) is 10.1. The van der Waals surface area contributed by atoms with Crippen LogP contribution in [0.1, 0.15) is 80.8 Å². The van der Waals surface area contributed by atoms with Crippen molar-refractivity contribution in [2.45, 2.75) is 82.7 Å². The van der Waals surface area contributed by atoms with Crippen molar-refractivity contribution >= 4 is 22.3 Å². The predicted molar refractivity (Wildman–Crippen MR) is 131 cm³/mol. The first kappa shape index (κ1) is 23.5. The molecule has 0 radical (unpaired) electrons. The van der Waals surface area contributed by atoms with Crippen LogP contribution in [0.15, 0.2) is 36.3 Å². The number of nitrogens with one attached hydrogen (secondary N) is 1. The lowest BCUT2D eigenvalue weighted by Gasteiger charge is -2.26. The Hall–Kier alpha value is -2.94.